The fraction of sp³-hybridized carbons (Fsp3) is 0.133. The van der Waals surface area contributed by atoms with Gasteiger partial charge in [-0.05, 0) is 23.3 Å². The van der Waals surface area contributed by atoms with Crippen molar-refractivity contribution in [3.05, 3.63) is 75.4 Å². The normalized spacial score (nSPS) is 22.0. The molecule has 0 heterocycles. The molecule has 0 aliphatic heterocycles. The van der Waals surface area contributed by atoms with Gasteiger partial charge in [0, 0.05) is 11.0 Å². The van der Waals surface area contributed by atoms with E-state index in [2.05, 4.69) is 18.7 Å². The molecule has 20 heavy (non-hydrogen) atoms. The van der Waals surface area contributed by atoms with E-state index in [1.807, 2.05) is 30.3 Å². The SMILES string of the molecule is N#CC(=Cc1ccccc1)C1=CCC(S)([N+](=O)[O-])C=C1. The van der Waals surface area contributed by atoms with Crippen LogP contribution in [0.2, 0.25) is 0 Å². The minimum Gasteiger partial charge on any atom is -0.263 e. The van der Waals surface area contributed by atoms with Gasteiger partial charge in [0.15, 0.2) is 0 Å². The van der Waals surface area contributed by atoms with Crippen LogP contribution in [-0.4, -0.2) is 9.79 Å². The van der Waals surface area contributed by atoms with Crippen LogP contribution in [0.3, 0.4) is 0 Å². The minimum absolute atomic E-state index is 0.156. The van der Waals surface area contributed by atoms with Crippen LogP contribution in [-0.2, 0) is 0 Å². The molecule has 1 aromatic rings. The molecule has 4 nitrogen and oxygen atoms in total. The molecule has 1 unspecified atom stereocenters. The summed E-state index contributed by atoms with van der Waals surface area (Å²) in [6.07, 6.45) is 6.59. The van der Waals surface area contributed by atoms with Crippen molar-refractivity contribution in [3.63, 3.8) is 0 Å². The lowest BCUT2D eigenvalue weighted by molar-refractivity contribution is -0.523. The van der Waals surface area contributed by atoms with Crippen molar-refractivity contribution in [1.29, 1.82) is 5.26 Å². The zero-order valence-electron chi connectivity index (χ0n) is 10.6. The largest absolute Gasteiger partial charge is 0.286 e. The van der Waals surface area contributed by atoms with E-state index >= 15 is 0 Å². The van der Waals surface area contributed by atoms with Gasteiger partial charge in [0.1, 0.15) is 0 Å². The Hall–Kier alpha value is -2.32. The Morgan fingerprint density at radius 2 is 2.15 bits per heavy atom. The van der Waals surface area contributed by atoms with Crippen molar-refractivity contribution in [1.82, 2.24) is 0 Å². The second kappa shape index (κ2) is 5.76. The Balaban J connectivity index is 2.27. The molecule has 5 heteroatoms. The van der Waals surface area contributed by atoms with E-state index in [1.165, 1.54) is 6.08 Å². The lowest BCUT2D eigenvalue weighted by atomic mass is 9.96. The van der Waals surface area contributed by atoms with Crippen molar-refractivity contribution in [3.8, 4) is 6.07 Å². The maximum atomic E-state index is 10.9. The molecule has 0 saturated heterocycles. The van der Waals surface area contributed by atoms with Crippen molar-refractivity contribution in [2.45, 2.75) is 11.3 Å². The first-order valence-electron chi connectivity index (χ1n) is 5.99. The first-order chi connectivity index (χ1) is 9.55. The maximum Gasteiger partial charge on any atom is 0.286 e. The number of nitriles is 1. The molecule has 0 N–H and O–H groups in total. The van der Waals surface area contributed by atoms with E-state index in [0.29, 0.717) is 11.1 Å². The molecule has 1 atom stereocenters. The van der Waals surface area contributed by atoms with Crippen LogP contribution in [0.4, 0.5) is 0 Å². The number of rotatable bonds is 3. The van der Waals surface area contributed by atoms with Gasteiger partial charge >= 0.3 is 0 Å². The average Bonchev–Trinajstić information content (AvgIpc) is 2.47. The number of nitrogens with zero attached hydrogens (tertiary/aromatic N) is 2. The highest BCUT2D eigenvalue weighted by Crippen LogP contribution is 2.30. The summed E-state index contributed by atoms with van der Waals surface area (Å²) >= 11 is 4.05. The van der Waals surface area contributed by atoms with E-state index in [0.717, 1.165) is 5.56 Å². The first-order valence-corrected chi connectivity index (χ1v) is 6.43. The quantitative estimate of drug-likeness (QED) is 0.304. The highest BCUT2D eigenvalue weighted by atomic mass is 32.1. The number of thiol groups is 1. The third-order valence-electron chi connectivity index (χ3n) is 3.01. The maximum absolute atomic E-state index is 10.9. The Bertz CT molecular complexity index is 656. The van der Waals surface area contributed by atoms with Crippen LogP contribution in [0.25, 0.3) is 6.08 Å². The highest BCUT2D eigenvalue weighted by Gasteiger charge is 2.36. The van der Waals surface area contributed by atoms with Gasteiger partial charge in [0.25, 0.3) is 4.87 Å². The monoisotopic (exact) mass is 284 g/mol. The molecular formula is C15H12N2O2S. The third-order valence-corrected chi connectivity index (χ3v) is 3.51. The van der Waals surface area contributed by atoms with Crippen LogP contribution in [0.5, 0.6) is 0 Å². The fourth-order valence-corrected chi connectivity index (χ4v) is 2.02. The van der Waals surface area contributed by atoms with E-state index < -0.39 is 9.79 Å². The van der Waals surface area contributed by atoms with Crippen molar-refractivity contribution >= 4 is 18.7 Å². The Labute approximate surface area is 122 Å². The molecule has 0 radical (unpaired) electrons. The zero-order chi connectivity index (χ0) is 14.6. The van der Waals surface area contributed by atoms with Crippen LogP contribution in [0.1, 0.15) is 12.0 Å². The smallest absolute Gasteiger partial charge is 0.263 e. The fourth-order valence-electron chi connectivity index (χ4n) is 1.85. The van der Waals surface area contributed by atoms with Gasteiger partial charge in [-0.25, -0.2) is 0 Å². The standard InChI is InChI=1S/C15H12N2O2S/c16-11-14(10-12-4-2-1-3-5-12)13-6-8-15(20,9-7-13)17(18)19/h1-8,10,20H,9H2. The number of benzene rings is 1. The summed E-state index contributed by atoms with van der Waals surface area (Å²) < 4.78 is 0. The van der Waals surface area contributed by atoms with Gasteiger partial charge < -0.3 is 0 Å². The topological polar surface area (TPSA) is 66.9 Å². The van der Waals surface area contributed by atoms with Crippen LogP contribution in [0.15, 0.2) is 59.7 Å². The number of nitro groups is 1. The van der Waals surface area contributed by atoms with Gasteiger partial charge in [-0.3, -0.25) is 10.1 Å². The third kappa shape index (κ3) is 2.98. The summed E-state index contributed by atoms with van der Waals surface area (Å²) in [6, 6.07) is 11.6. The van der Waals surface area contributed by atoms with Crippen molar-refractivity contribution in [2.75, 3.05) is 0 Å². The lowest BCUT2D eigenvalue weighted by Crippen LogP contribution is -2.30. The lowest BCUT2D eigenvalue weighted by Gasteiger charge is -2.18. The Morgan fingerprint density at radius 1 is 1.45 bits per heavy atom. The highest BCUT2D eigenvalue weighted by molar-refractivity contribution is 7.81. The summed E-state index contributed by atoms with van der Waals surface area (Å²) in [5.41, 5.74) is 2.07. The molecule has 100 valence electrons. The Morgan fingerprint density at radius 3 is 2.65 bits per heavy atom. The zero-order valence-corrected chi connectivity index (χ0v) is 11.5. The van der Waals surface area contributed by atoms with Gasteiger partial charge in [-0.15, -0.1) is 0 Å². The van der Waals surface area contributed by atoms with Gasteiger partial charge in [0.05, 0.1) is 18.1 Å². The summed E-state index contributed by atoms with van der Waals surface area (Å²) in [5, 5.41) is 20.1. The number of hydrogen-bond donors (Lipinski definition) is 1. The molecule has 0 bridgehead atoms. The average molecular weight is 284 g/mol. The predicted octanol–water partition coefficient (Wildman–Crippen LogP) is 3.38. The van der Waals surface area contributed by atoms with Gasteiger partial charge in [-0.1, -0.05) is 49.0 Å². The minimum atomic E-state index is -1.38. The predicted molar refractivity (Wildman–Crippen MR) is 80.6 cm³/mol. The number of allylic oxidation sites excluding steroid dienone is 3. The molecular weight excluding hydrogens is 272 g/mol. The van der Waals surface area contributed by atoms with E-state index in [1.54, 1.807) is 18.2 Å². The van der Waals surface area contributed by atoms with Crippen molar-refractivity contribution < 1.29 is 4.92 Å². The second-order valence-corrected chi connectivity index (χ2v) is 5.19. The molecule has 1 aliphatic rings. The molecule has 0 spiro atoms. The van der Waals surface area contributed by atoms with Crippen LogP contribution in [0, 0.1) is 21.4 Å². The molecule has 2 rings (SSSR count). The van der Waals surface area contributed by atoms with Gasteiger partial charge in [-0.2, -0.15) is 5.26 Å². The molecule has 0 amide bonds. The molecule has 1 aromatic carbocycles. The van der Waals surface area contributed by atoms with Crippen LogP contribution >= 0.6 is 12.6 Å². The molecule has 0 fully saturated rings. The summed E-state index contributed by atoms with van der Waals surface area (Å²) in [4.78, 5) is 9.07. The first kappa shape index (κ1) is 14.1. The summed E-state index contributed by atoms with van der Waals surface area (Å²) in [6.45, 7) is 0. The Kier molecular flexibility index (Phi) is 4.06. The molecule has 0 saturated carbocycles. The summed E-state index contributed by atoms with van der Waals surface area (Å²) in [5.74, 6) is 0. The molecule has 1 aliphatic carbocycles. The van der Waals surface area contributed by atoms with Crippen LogP contribution < -0.4 is 0 Å². The number of hydrogen-bond acceptors (Lipinski definition) is 4. The van der Waals surface area contributed by atoms with E-state index in [-0.39, 0.29) is 6.42 Å². The van der Waals surface area contributed by atoms with Crippen molar-refractivity contribution in [2.24, 2.45) is 0 Å². The van der Waals surface area contributed by atoms with E-state index in [4.69, 9.17) is 0 Å². The van der Waals surface area contributed by atoms with Gasteiger partial charge in [0.2, 0.25) is 0 Å². The second-order valence-electron chi connectivity index (χ2n) is 4.41. The van der Waals surface area contributed by atoms with E-state index in [9.17, 15) is 15.4 Å². The summed E-state index contributed by atoms with van der Waals surface area (Å²) in [7, 11) is 0. The molecule has 0 aromatic heterocycles.